The van der Waals surface area contributed by atoms with Crippen molar-refractivity contribution >= 4 is 28.7 Å². The van der Waals surface area contributed by atoms with Gasteiger partial charge < -0.3 is 15.5 Å². The molecule has 0 amide bonds. The molecule has 4 heterocycles. The van der Waals surface area contributed by atoms with Gasteiger partial charge in [0.15, 0.2) is 5.65 Å². The van der Waals surface area contributed by atoms with E-state index in [0.717, 1.165) is 55.8 Å². The van der Waals surface area contributed by atoms with Gasteiger partial charge in [0.05, 0.1) is 17.3 Å². The molecule has 0 aromatic carbocycles. The zero-order valence-electron chi connectivity index (χ0n) is 16.6. The van der Waals surface area contributed by atoms with Gasteiger partial charge in [-0.05, 0) is 31.2 Å². The van der Waals surface area contributed by atoms with Crippen LogP contribution < -0.4 is 15.5 Å². The van der Waals surface area contributed by atoms with Crippen LogP contribution in [0.3, 0.4) is 0 Å². The van der Waals surface area contributed by atoms with Gasteiger partial charge in [-0.25, -0.2) is 9.97 Å². The number of piperidine rings is 1. The van der Waals surface area contributed by atoms with Gasteiger partial charge in [0.1, 0.15) is 5.82 Å². The van der Waals surface area contributed by atoms with E-state index in [9.17, 15) is 0 Å². The minimum atomic E-state index is 0.0286. The molecule has 1 saturated heterocycles. The number of aromatic nitrogens is 6. The lowest BCUT2D eigenvalue weighted by Crippen LogP contribution is -2.46. The van der Waals surface area contributed by atoms with Crippen molar-refractivity contribution in [2.45, 2.75) is 31.1 Å². The minimum absolute atomic E-state index is 0.0286. The van der Waals surface area contributed by atoms with Crippen LogP contribution in [0.2, 0.25) is 0 Å². The highest BCUT2D eigenvalue weighted by Crippen LogP contribution is 2.44. The molecule has 1 spiro atoms. The van der Waals surface area contributed by atoms with Crippen LogP contribution >= 0.6 is 0 Å². The Bertz CT molecular complexity index is 1050. The van der Waals surface area contributed by atoms with Gasteiger partial charge in [-0.1, -0.05) is 0 Å². The number of fused-ring (bicyclic) bond motifs is 3. The van der Waals surface area contributed by atoms with Gasteiger partial charge in [-0.15, -0.1) is 0 Å². The summed E-state index contributed by atoms with van der Waals surface area (Å²) in [6.45, 7) is 1.78. The highest BCUT2D eigenvalue weighted by atomic mass is 15.3. The largest absolute Gasteiger partial charge is 0.383 e. The molecule has 146 valence electrons. The van der Waals surface area contributed by atoms with Crippen LogP contribution in [0, 0.1) is 0 Å². The minimum Gasteiger partial charge on any atom is -0.383 e. The summed E-state index contributed by atoms with van der Waals surface area (Å²) in [4.78, 5) is 23.0. The molecule has 1 atom stereocenters. The fourth-order valence-corrected chi connectivity index (χ4v) is 4.62. The standard InChI is InChI=1S/C19H25N9/c1-26(2)17-21-9-12-5-7-19(14(12)23-17)6-4-8-28(11-19)18-24-15(20)13-10-22-27(3)16(13)25-18/h9-10H,4-8,11H2,1-3H3,(H2,20,24,25). The van der Waals surface area contributed by atoms with Crippen LogP contribution in [-0.4, -0.2) is 56.9 Å². The fourth-order valence-electron chi connectivity index (χ4n) is 4.62. The first-order chi connectivity index (χ1) is 13.5. The van der Waals surface area contributed by atoms with E-state index in [1.54, 1.807) is 10.9 Å². The highest BCUT2D eigenvalue weighted by molar-refractivity contribution is 5.86. The normalized spacial score (nSPS) is 21.5. The van der Waals surface area contributed by atoms with Crippen molar-refractivity contribution < 1.29 is 0 Å². The molecule has 3 aromatic heterocycles. The van der Waals surface area contributed by atoms with E-state index >= 15 is 0 Å². The summed E-state index contributed by atoms with van der Waals surface area (Å²) in [6, 6.07) is 0. The van der Waals surface area contributed by atoms with Crippen LogP contribution in [0.15, 0.2) is 12.4 Å². The third-order valence-corrected chi connectivity index (χ3v) is 6.10. The van der Waals surface area contributed by atoms with Gasteiger partial charge >= 0.3 is 0 Å². The molecule has 1 aliphatic carbocycles. The molecule has 9 heteroatoms. The number of hydrogen-bond acceptors (Lipinski definition) is 8. The highest BCUT2D eigenvalue weighted by Gasteiger charge is 2.44. The van der Waals surface area contributed by atoms with Crippen molar-refractivity contribution in [1.82, 2.24) is 29.7 Å². The number of aryl methyl sites for hydroxylation is 2. The second kappa shape index (κ2) is 6.02. The number of rotatable bonds is 2. The van der Waals surface area contributed by atoms with Gasteiger partial charge in [0, 0.05) is 45.8 Å². The molecule has 28 heavy (non-hydrogen) atoms. The Labute approximate surface area is 163 Å². The van der Waals surface area contributed by atoms with Crippen LogP contribution in [-0.2, 0) is 18.9 Å². The summed E-state index contributed by atoms with van der Waals surface area (Å²) in [6.07, 6.45) is 8.05. The van der Waals surface area contributed by atoms with E-state index in [-0.39, 0.29) is 5.41 Å². The van der Waals surface area contributed by atoms with Crippen molar-refractivity contribution in [3.8, 4) is 0 Å². The van der Waals surface area contributed by atoms with Gasteiger partial charge in [-0.3, -0.25) is 4.68 Å². The lowest BCUT2D eigenvalue weighted by molar-refractivity contribution is 0.332. The van der Waals surface area contributed by atoms with E-state index < -0.39 is 0 Å². The molecule has 3 aromatic rings. The average molecular weight is 379 g/mol. The van der Waals surface area contributed by atoms with E-state index in [1.165, 1.54) is 11.3 Å². The zero-order valence-corrected chi connectivity index (χ0v) is 16.6. The third kappa shape index (κ3) is 2.49. The number of nitrogen functional groups attached to an aromatic ring is 1. The Kier molecular flexibility index (Phi) is 3.68. The molecule has 9 nitrogen and oxygen atoms in total. The van der Waals surface area contributed by atoms with Crippen LogP contribution in [0.4, 0.5) is 17.7 Å². The Morgan fingerprint density at radius 2 is 2.00 bits per heavy atom. The maximum atomic E-state index is 6.19. The summed E-state index contributed by atoms with van der Waals surface area (Å²) in [5, 5.41) is 5.06. The summed E-state index contributed by atoms with van der Waals surface area (Å²) in [5.41, 5.74) is 9.47. The van der Waals surface area contributed by atoms with Crippen LogP contribution in [0.5, 0.6) is 0 Å². The molecule has 1 aliphatic heterocycles. The SMILES string of the molecule is CN(C)c1ncc2c(n1)C1(CCCN(c3nc(N)c4cnn(C)c4n3)C1)CC2. The molecule has 2 N–H and O–H groups in total. The fraction of sp³-hybridized carbons (Fsp3) is 0.526. The first-order valence-electron chi connectivity index (χ1n) is 9.71. The molecular weight excluding hydrogens is 354 g/mol. The van der Waals surface area contributed by atoms with Crippen molar-refractivity contribution in [2.75, 3.05) is 42.7 Å². The average Bonchev–Trinajstić information content (AvgIpc) is 3.23. The molecule has 1 fully saturated rings. The molecule has 5 rings (SSSR count). The van der Waals surface area contributed by atoms with Crippen molar-refractivity contribution in [2.24, 2.45) is 7.05 Å². The molecule has 2 aliphatic rings. The first kappa shape index (κ1) is 17.2. The van der Waals surface area contributed by atoms with Gasteiger partial charge in [0.25, 0.3) is 0 Å². The molecular formula is C19H25N9. The van der Waals surface area contributed by atoms with E-state index in [0.29, 0.717) is 11.8 Å². The molecule has 0 saturated carbocycles. The summed E-state index contributed by atoms with van der Waals surface area (Å²) in [5.74, 6) is 1.94. The molecule has 1 unspecified atom stereocenters. The Morgan fingerprint density at radius 3 is 2.82 bits per heavy atom. The van der Waals surface area contributed by atoms with Crippen molar-refractivity contribution in [3.05, 3.63) is 23.7 Å². The number of nitrogens with two attached hydrogens (primary N) is 1. The maximum Gasteiger partial charge on any atom is 0.229 e. The first-order valence-corrected chi connectivity index (χ1v) is 9.71. The predicted molar refractivity (Wildman–Crippen MR) is 109 cm³/mol. The topological polar surface area (TPSA) is 102 Å². The monoisotopic (exact) mass is 379 g/mol. The van der Waals surface area contributed by atoms with Gasteiger partial charge in [-0.2, -0.15) is 15.1 Å². The summed E-state index contributed by atoms with van der Waals surface area (Å²) in [7, 11) is 5.84. The zero-order chi connectivity index (χ0) is 19.5. The van der Waals surface area contributed by atoms with Crippen LogP contribution in [0.1, 0.15) is 30.5 Å². The predicted octanol–water partition coefficient (Wildman–Crippen LogP) is 1.29. The van der Waals surface area contributed by atoms with E-state index in [4.69, 9.17) is 15.7 Å². The Morgan fingerprint density at radius 1 is 1.14 bits per heavy atom. The Hall–Kier alpha value is -2.97. The number of nitrogens with zero attached hydrogens (tertiary/aromatic N) is 8. The number of anilines is 3. The smallest absolute Gasteiger partial charge is 0.229 e. The lowest BCUT2D eigenvalue weighted by Gasteiger charge is -2.40. The number of hydrogen-bond donors (Lipinski definition) is 1. The van der Waals surface area contributed by atoms with Crippen LogP contribution in [0.25, 0.3) is 11.0 Å². The second-order valence-electron chi connectivity index (χ2n) is 8.16. The molecule has 0 radical (unpaired) electrons. The maximum absolute atomic E-state index is 6.19. The third-order valence-electron chi connectivity index (χ3n) is 6.10. The van der Waals surface area contributed by atoms with Crippen molar-refractivity contribution in [3.63, 3.8) is 0 Å². The lowest BCUT2D eigenvalue weighted by atomic mass is 9.77. The second-order valence-corrected chi connectivity index (χ2v) is 8.16. The quantitative estimate of drug-likeness (QED) is 0.711. The van der Waals surface area contributed by atoms with E-state index in [2.05, 4.69) is 20.0 Å². The Balaban J connectivity index is 1.53. The van der Waals surface area contributed by atoms with Crippen molar-refractivity contribution in [1.29, 1.82) is 0 Å². The summed E-state index contributed by atoms with van der Waals surface area (Å²) < 4.78 is 1.75. The molecule has 0 bridgehead atoms. The summed E-state index contributed by atoms with van der Waals surface area (Å²) >= 11 is 0. The van der Waals surface area contributed by atoms with Gasteiger partial charge in [0.2, 0.25) is 11.9 Å². The van der Waals surface area contributed by atoms with E-state index in [1.807, 2.05) is 32.2 Å².